The minimum atomic E-state index is 0.408. The fourth-order valence-electron chi connectivity index (χ4n) is 4.52. The lowest BCUT2D eigenvalue weighted by atomic mass is 9.99. The van der Waals surface area contributed by atoms with Crippen LogP contribution in [0.1, 0.15) is 43.0 Å². The van der Waals surface area contributed by atoms with Crippen molar-refractivity contribution in [3.8, 4) is 0 Å². The monoisotopic (exact) mass is 352 g/mol. The zero-order valence-electron chi connectivity index (χ0n) is 15.8. The van der Waals surface area contributed by atoms with Gasteiger partial charge in [-0.25, -0.2) is 15.0 Å². The number of hydrogen-bond acceptors (Lipinski definition) is 5. The summed E-state index contributed by atoms with van der Waals surface area (Å²) >= 11 is 0. The van der Waals surface area contributed by atoms with Crippen LogP contribution in [0, 0.1) is 0 Å². The van der Waals surface area contributed by atoms with Crippen molar-refractivity contribution in [2.75, 3.05) is 38.1 Å². The van der Waals surface area contributed by atoms with E-state index >= 15 is 0 Å². The predicted octanol–water partition coefficient (Wildman–Crippen LogP) is 1.72. The van der Waals surface area contributed by atoms with Crippen LogP contribution < -0.4 is 9.80 Å². The van der Waals surface area contributed by atoms with Gasteiger partial charge in [-0.2, -0.15) is 0 Å². The number of pyridine rings is 1. The number of likely N-dealkylation sites (N-methyl/N-ethyl adjacent to an activating group) is 1. The molecule has 136 valence electrons. The lowest BCUT2D eigenvalue weighted by Crippen LogP contribution is -3.12. The van der Waals surface area contributed by atoms with Gasteiger partial charge in [-0.05, 0) is 36.3 Å². The Balaban J connectivity index is 1.74. The van der Waals surface area contributed by atoms with Crippen LogP contribution in [-0.4, -0.2) is 48.2 Å². The quantitative estimate of drug-likeness (QED) is 0.761. The Morgan fingerprint density at radius 3 is 2.65 bits per heavy atom. The number of anilines is 1. The highest BCUT2D eigenvalue weighted by molar-refractivity contribution is 6.06. The number of aryl methyl sites for hydroxylation is 1. The Morgan fingerprint density at radius 2 is 1.88 bits per heavy atom. The smallest absolute Gasteiger partial charge is 0.229 e. The molecule has 0 spiro atoms. The maximum absolute atomic E-state index is 6.30. The first-order valence-electron chi connectivity index (χ1n) is 9.78. The Bertz CT molecular complexity index is 985. The summed E-state index contributed by atoms with van der Waals surface area (Å²) < 4.78 is 6.30. The third-order valence-electron chi connectivity index (χ3n) is 5.95. The Morgan fingerprint density at radius 1 is 1.12 bits per heavy atom. The van der Waals surface area contributed by atoms with Crippen LogP contribution in [0.15, 0.2) is 10.7 Å². The highest BCUT2D eigenvalue weighted by Gasteiger charge is 2.28. The van der Waals surface area contributed by atoms with E-state index in [-0.39, 0.29) is 0 Å². The van der Waals surface area contributed by atoms with Gasteiger partial charge in [0.1, 0.15) is 11.8 Å². The van der Waals surface area contributed by atoms with Crippen molar-refractivity contribution >= 4 is 28.0 Å². The molecule has 1 saturated heterocycles. The molecule has 1 aliphatic heterocycles. The average Bonchev–Trinajstić information content (AvgIpc) is 3.25. The van der Waals surface area contributed by atoms with E-state index < -0.39 is 0 Å². The lowest BCUT2D eigenvalue weighted by Gasteiger charge is -2.30. The largest absolute Gasteiger partial charge is 0.432 e. The molecule has 0 unspecified atom stereocenters. The summed E-state index contributed by atoms with van der Waals surface area (Å²) in [7, 11) is 2.24. The number of aromatic nitrogens is 3. The van der Waals surface area contributed by atoms with Crippen LogP contribution in [0.4, 0.5) is 5.82 Å². The van der Waals surface area contributed by atoms with Gasteiger partial charge in [0.15, 0.2) is 11.4 Å². The molecule has 0 aromatic carbocycles. The van der Waals surface area contributed by atoms with Gasteiger partial charge in [0.05, 0.1) is 44.3 Å². The molecule has 0 atom stereocenters. The summed E-state index contributed by atoms with van der Waals surface area (Å²) in [5, 5.41) is 1.13. The van der Waals surface area contributed by atoms with Crippen LogP contribution in [0.25, 0.3) is 22.2 Å². The molecule has 0 amide bonds. The topological polar surface area (TPSA) is 59.5 Å². The first-order valence-corrected chi connectivity index (χ1v) is 9.78. The number of nitrogens with zero attached hydrogens (tertiary/aromatic N) is 4. The molecular formula is C20H26N5O+. The number of fused-ring (bicyclic) bond motifs is 5. The van der Waals surface area contributed by atoms with Gasteiger partial charge in [-0.15, -0.1) is 0 Å². The molecule has 5 rings (SSSR count). The summed E-state index contributed by atoms with van der Waals surface area (Å²) in [5.74, 6) is 1.34. The molecule has 0 radical (unpaired) electrons. The molecule has 6 heteroatoms. The molecule has 3 aromatic heterocycles. The summed E-state index contributed by atoms with van der Waals surface area (Å²) in [6.07, 6.45) is 5.11. The SMILES string of the molecule is CC(C)c1nc2oc3c(N4CC[NH+](C)CC4)ncnc3c2c2c1CCC2. The molecular weight excluding hydrogens is 326 g/mol. The van der Waals surface area contributed by atoms with Crippen LogP contribution in [0.2, 0.25) is 0 Å². The fraction of sp³-hybridized carbons (Fsp3) is 0.550. The molecule has 4 heterocycles. The van der Waals surface area contributed by atoms with Crippen molar-refractivity contribution in [3.05, 3.63) is 23.1 Å². The van der Waals surface area contributed by atoms with E-state index in [1.165, 1.54) is 23.2 Å². The van der Waals surface area contributed by atoms with Gasteiger partial charge in [-0.3, -0.25) is 0 Å². The minimum absolute atomic E-state index is 0.408. The number of piperazine rings is 1. The Labute approximate surface area is 153 Å². The van der Waals surface area contributed by atoms with E-state index in [0.29, 0.717) is 5.92 Å². The summed E-state index contributed by atoms with van der Waals surface area (Å²) in [4.78, 5) is 18.0. The van der Waals surface area contributed by atoms with Crippen LogP contribution in [0.3, 0.4) is 0 Å². The second-order valence-electron chi connectivity index (χ2n) is 8.06. The van der Waals surface area contributed by atoms with E-state index in [9.17, 15) is 0 Å². The Kier molecular flexibility index (Phi) is 3.64. The second-order valence-corrected chi connectivity index (χ2v) is 8.06. The van der Waals surface area contributed by atoms with E-state index in [2.05, 4.69) is 35.8 Å². The minimum Gasteiger partial charge on any atom is -0.432 e. The molecule has 1 fully saturated rings. The van der Waals surface area contributed by atoms with Gasteiger partial charge in [0, 0.05) is 0 Å². The summed E-state index contributed by atoms with van der Waals surface area (Å²) in [5.41, 5.74) is 6.53. The number of quaternary nitrogens is 1. The van der Waals surface area contributed by atoms with Crippen LogP contribution in [-0.2, 0) is 12.8 Å². The maximum atomic E-state index is 6.30. The summed E-state index contributed by atoms with van der Waals surface area (Å²) in [6, 6.07) is 0. The van der Waals surface area contributed by atoms with Crippen molar-refractivity contribution in [1.29, 1.82) is 0 Å². The lowest BCUT2D eigenvalue weighted by molar-refractivity contribution is -0.880. The Hall–Kier alpha value is -2.21. The molecule has 1 N–H and O–H groups in total. The van der Waals surface area contributed by atoms with Gasteiger partial charge < -0.3 is 14.2 Å². The normalized spacial score (nSPS) is 18.4. The standard InChI is InChI=1S/C20H25N5O/c1-12(2)16-14-6-4-5-13(14)15-17-18(26-20(15)23-16)19(22-11-21-17)25-9-7-24(3)8-10-25/h11-12H,4-10H2,1-3H3/p+1. The zero-order valence-corrected chi connectivity index (χ0v) is 15.8. The summed E-state index contributed by atoms with van der Waals surface area (Å²) in [6.45, 7) is 8.67. The van der Waals surface area contributed by atoms with Crippen molar-refractivity contribution in [3.63, 3.8) is 0 Å². The third-order valence-corrected chi connectivity index (χ3v) is 5.95. The molecule has 0 saturated carbocycles. The third kappa shape index (κ3) is 2.31. The number of rotatable bonds is 2. The fourth-order valence-corrected chi connectivity index (χ4v) is 4.52. The van der Waals surface area contributed by atoms with E-state index in [4.69, 9.17) is 9.40 Å². The van der Waals surface area contributed by atoms with Gasteiger partial charge in [0.2, 0.25) is 5.71 Å². The van der Waals surface area contributed by atoms with Crippen LogP contribution in [0.5, 0.6) is 0 Å². The van der Waals surface area contributed by atoms with Gasteiger partial charge in [-0.1, -0.05) is 13.8 Å². The highest BCUT2D eigenvalue weighted by atomic mass is 16.3. The predicted molar refractivity (Wildman–Crippen MR) is 102 cm³/mol. The average molecular weight is 352 g/mol. The number of nitrogens with one attached hydrogen (secondary N) is 1. The highest BCUT2D eigenvalue weighted by Crippen LogP contribution is 2.40. The van der Waals surface area contributed by atoms with Crippen molar-refractivity contribution in [2.45, 2.75) is 39.0 Å². The second kappa shape index (κ2) is 5.91. The molecule has 3 aromatic rings. The van der Waals surface area contributed by atoms with E-state index in [1.807, 2.05) is 0 Å². The first kappa shape index (κ1) is 16.0. The zero-order chi connectivity index (χ0) is 17.8. The maximum Gasteiger partial charge on any atom is 0.229 e. The molecule has 1 aliphatic carbocycles. The van der Waals surface area contributed by atoms with E-state index in [0.717, 1.165) is 67.0 Å². The van der Waals surface area contributed by atoms with Crippen LogP contribution >= 0.6 is 0 Å². The van der Waals surface area contributed by atoms with Crippen molar-refractivity contribution < 1.29 is 9.32 Å². The van der Waals surface area contributed by atoms with Crippen molar-refractivity contribution in [1.82, 2.24) is 15.0 Å². The molecule has 26 heavy (non-hydrogen) atoms. The molecule has 6 nitrogen and oxygen atoms in total. The molecule has 0 bridgehead atoms. The van der Waals surface area contributed by atoms with Gasteiger partial charge >= 0.3 is 0 Å². The van der Waals surface area contributed by atoms with E-state index in [1.54, 1.807) is 11.2 Å². The molecule has 2 aliphatic rings. The van der Waals surface area contributed by atoms with Crippen molar-refractivity contribution in [2.24, 2.45) is 0 Å². The number of furan rings is 1. The van der Waals surface area contributed by atoms with Gasteiger partial charge in [0.25, 0.3) is 0 Å². The number of hydrogen-bond donors (Lipinski definition) is 1. The first-order chi connectivity index (χ1) is 12.6.